The average molecular weight is 283 g/mol. The summed E-state index contributed by atoms with van der Waals surface area (Å²) in [6, 6.07) is 5.84. The van der Waals surface area contributed by atoms with Crippen LogP contribution in [-0.4, -0.2) is 21.7 Å². The molecule has 0 aromatic carbocycles. The summed E-state index contributed by atoms with van der Waals surface area (Å²) in [5.41, 5.74) is 0.566. The van der Waals surface area contributed by atoms with Gasteiger partial charge in [0.1, 0.15) is 11.9 Å². The molecule has 1 aliphatic rings. The normalized spacial score (nSPS) is 18.2. The standard InChI is InChI=1S/C15H17N5O/c1-10(2)15-18-14(19-21-15)12-4-3-7-20(12)13-6-5-11(8-16)9-17-13/h5-6,9-10,12H,3-4,7H2,1-2H3/t12-/m0/s1. The molecular formula is C15H17N5O. The molecule has 2 aromatic rings. The lowest BCUT2D eigenvalue weighted by Crippen LogP contribution is -2.24. The van der Waals surface area contributed by atoms with E-state index < -0.39 is 0 Å². The van der Waals surface area contributed by atoms with Gasteiger partial charge in [-0.25, -0.2) is 4.98 Å². The molecule has 2 aromatic heterocycles. The van der Waals surface area contributed by atoms with Gasteiger partial charge in [0.05, 0.1) is 11.6 Å². The zero-order chi connectivity index (χ0) is 14.8. The summed E-state index contributed by atoms with van der Waals surface area (Å²) >= 11 is 0. The van der Waals surface area contributed by atoms with Crippen LogP contribution in [-0.2, 0) is 0 Å². The predicted octanol–water partition coefficient (Wildman–Crippen LogP) is 2.80. The molecule has 0 saturated carbocycles. The van der Waals surface area contributed by atoms with E-state index in [4.69, 9.17) is 9.78 Å². The molecule has 0 spiro atoms. The van der Waals surface area contributed by atoms with Gasteiger partial charge < -0.3 is 9.42 Å². The molecule has 1 saturated heterocycles. The summed E-state index contributed by atoms with van der Waals surface area (Å²) in [5.74, 6) is 2.48. The lowest BCUT2D eigenvalue weighted by Gasteiger charge is -2.23. The van der Waals surface area contributed by atoms with Gasteiger partial charge in [-0.05, 0) is 25.0 Å². The Morgan fingerprint density at radius 1 is 1.43 bits per heavy atom. The smallest absolute Gasteiger partial charge is 0.229 e. The monoisotopic (exact) mass is 283 g/mol. The summed E-state index contributed by atoms with van der Waals surface area (Å²) in [6.45, 7) is 4.98. The first-order valence-corrected chi connectivity index (χ1v) is 7.15. The maximum absolute atomic E-state index is 8.84. The summed E-state index contributed by atoms with van der Waals surface area (Å²) in [5, 5.41) is 13.0. The number of hydrogen-bond acceptors (Lipinski definition) is 6. The summed E-state index contributed by atoms with van der Waals surface area (Å²) in [6.07, 6.45) is 3.65. The molecule has 0 bridgehead atoms. The Morgan fingerprint density at radius 2 is 2.29 bits per heavy atom. The Hall–Kier alpha value is -2.42. The van der Waals surface area contributed by atoms with Crippen LogP contribution in [0, 0.1) is 11.3 Å². The van der Waals surface area contributed by atoms with Gasteiger partial charge in [0.25, 0.3) is 0 Å². The van der Waals surface area contributed by atoms with Crippen LogP contribution in [0.1, 0.15) is 55.9 Å². The molecule has 0 aliphatic carbocycles. The van der Waals surface area contributed by atoms with Gasteiger partial charge in [-0.15, -0.1) is 0 Å². The third-order valence-corrected chi connectivity index (χ3v) is 3.67. The Bertz CT molecular complexity index is 655. The van der Waals surface area contributed by atoms with Crippen molar-refractivity contribution in [1.82, 2.24) is 15.1 Å². The van der Waals surface area contributed by atoms with E-state index in [1.54, 1.807) is 12.3 Å². The van der Waals surface area contributed by atoms with Crippen LogP contribution in [0.2, 0.25) is 0 Å². The van der Waals surface area contributed by atoms with Gasteiger partial charge in [0.15, 0.2) is 5.82 Å². The number of pyridine rings is 1. The van der Waals surface area contributed by atoms with Crippen molar-refractivity contribution in [3.8, 4) is 6.07 Å². The van der Waals surface area contributed by atoms with E-state index in [-0.39, 0.29) is 12.0 Å². The topological polar surface area (TPSA) is 78.8 Å². The lowest BCUT2D eigenvalue weighted by atomic mass is 10.2. The fourth-order valence-electron chi connectivity index (χ4n) is 2.55. The zero-order valence-electron chi connectivity index (χ0n) is 12.2. The highest BCUT2D eigenvalue weighted by Gasteiger charge is 2.31. The number of nitrogens with zero attached hydrogens (tertiary/aromatic N) is 5. The van der Waals surface area contributed by atoms with Gasteiger partial charge >= 0.3 is 0 Å². The minimum Gasteiger partial charge on any atom is -0.346 e. The van der Waals surface area contributed by atoms with E-state index in [1.807, 2.05) is 19.9 Å². The Balaban J connectivity index is 1.85. The molecule has 0 N–H and O–H groups in total. The number of anilines is 1. The molecule has 6 heteroatoms. The number of hydrogen-bond donors (Lipinski definition) is 0. The van der Waals surface area contributed by atoms with Crippen LogP contribution < -0.4 is 4.90 Å². The fraction of sp³-hybridized carbons (Fsp3) is 0.467. The van der Waals surface area contributed by atoms with E-state index in [9.17, 15) is 0 Å². The minimum atomic E-state index is 0.0988. The maximum Gasteiger partial charge on any atom is 0.229 e. The third-order valence-electron chi connectivity index (χ3n) is 3.67. The maximum atomic E-state index is 8.84. The summed E-state index contributed by atoms with van der Waals surface area (Å²) in [7, 11) is 0. The second-order valence-corrected chi connectivity index (χ2v) is 5.51. The van der Waals surface area contributed by atoms with Crippen molar-refractivity contribution < 1.29 is 4.52 Å². The van der Waals surface area contributed by atoms with Crippen LogP contribution in [0.3, 0.4) is 0 Å². The highest BCUT2D eigenvalue weighted by Crippen LogP contribution is 2.34. The summed E-state index contributed by atoms with van der Waals surface area (Å²) in [4.78, 5) is 11.0. The first kappa shape index (κ1) is 13.6. The van der Waals surface area contributed by atoms with Gasteiger partial charge in [0, 0.05) is 18.7 Å². The van der Waals surface area contributed by atoms with E-state index in [0.29, 0.717) is 11.5 Å². The average Bonchev–Trinajstić information content (AvgIpc) is 3.16. The van der Waals surface area contributed by atoms with Gasteiger partial charge in [-0.2, -0.15) is 10.2 Å². The SMILES string of the molecule is CC(C)c1nc([C@@H]2CCCN2c2ccc(C#N)cn2)no1. The van der Waals surface area contributed by atoms with Crippen molar-refractivity contribution in [3.05, 3.63) is 35.6 Å². The number of nitriles is 1. The second kappa shape index (κ2) is 5.52. The van der Waals surface area contributed by atoms with Crippen molar-refractivity contribution in [1.29, 1.82) is 5.26 Å². The van der Waals surface area contributed by atoms with E-state index >= 15 is 0 Å². The van der Waals surface area contributed by atoms with E-state index in [1.165, 1.54) is 0 Å². The van der Waals surface area contributed by atoms with Gasteiger partial charge in [-0.1, -0.05) is 19.0 Å². The Labute approximate surface area is 123 Å². The molecule has 1 aliphatic heterocycles. The van der Waals surface area contributed by atoms with Crippen LogP contribution in [0.4, 0.5) is 5.82 Å². The third kappa shape index (κ3) is 2.59. The minimum absolute atomic E-state index is 0.0988. The predicted molar refractivity (Wildman–Crippen MR) is 76.7 cm³/mol. The van der Waals surface area contributed by atoms with Gasteiger partial charge in [-0.3, -0.25) is 0 Å². The number of rotatable bonds is 3. The summed E-state index contributed by atoms with van der Waals surface area (Å²) < 4.78 is 5.31. The first-order valence-electron chi connectivity index (χ1n) is 7.15. The molecule has 21 heavy (non-hydrogen) atoms. The molecule has 0 unspecified atom stereocenters. The Morgan fingerprint density at radius 3 is 2.90 bits per heavy atom. The molecule has 0 radical (unpaired) electrons. The highest BCUT2D eigenvalue weighted by molar-refractivity contribution is 5.44. The quantitative estimate of drug-likeness (QED) is 0.861. The van der Waals surface area contributed by atoms with Crippen LogP contribution in [0.15, 0.2) is 22.9 Å². The largest absolute Gasteiger partial charge is 0.346 e. The second-order valence-electron chi connectivity index (χ2n) is 5.51. The molecule has 3 heterocycles. The molecule has 108 valence electrons. The highest BCUT2D eigenvalue weighted by atomic mass is 16.5. The Kier molecular flexibility index (Phi) is 3.57. The van der Waals surface area contributed by atoms with Gasteiger partial charge in [0.2, 0.25) is 5.89 Å². The molecule has 0 amide bonds. The van der Waals surface area contributed by atoms with Crippen LogP contribution >= 0.6 is 0 Å². The zero-order valence-corrected chi connectivity index (χ0v) is 12.2. The van der Waals surface area contributed by atoms with Crippen molar-refractivity contribution in [2.45, 2.75) is 38.6 Å². The van der Waals surface area contributed by atoms with Crippen molar-refractivity contribution in [3.63, 3.8) is 0 Å². The fourth-order valence-corrected chi connectivity index (χ4v) is 2.55. The van der Waals surface area contributed by atoms with E-state index in [0.717, 1.165) is 31.0 Å². The van der Waals surface area contributed by atoms with E-state index in [2.05, 4.69) is 26.1 Å². The lowest BCUT2D eigenvalue weighted by molar-refractivity contribution is 0.358. The molecule has 3 rings (SSSR count). The van der Waals surface area contributed by atoms with Crippen molar-refractivity contribution in [2.75, 3.05) is 11.4 Å². The molecule has 6 nitrogen and oxygen atoms in total. The first-order chi connectivity index (χ1) is 10.2. The molecule has 1 atom stereocenters. The van der Waals surface area contributed by atoms with Crippen LogP contribution in [0.25, 0.3) is 0 Å². The molecule has 1 fully saturated rings. The molecular weight excluding hydrogens is 266 g/mol. The van der Waals surface area contributed by atoms with Crippen molar-refractivity contribution in [2.24, 2.45) is 0 Å². The van der Waals surface area contributed by atoms with Crippen LogP contribution in [0.5, 0.6) is 0 Å². The number of aromatic nitrogens is 3. The van der Waals surface area contributed by atoms with Crippen molar-refractivity contribution >= 4 is 5.82 Å².